The Hall–Kier alpha value is -3.13. The molecule has 0 unspecified atom stereocenters. The number of nitrogens with one attached hydrogen (secondary N) is 1. The van der Waals surface area contributed by atoms with E-state index in [1.54, 1.807) is 0 Å². The summed E-state index contributed by atoms with van der Waals surface area (Å²) in [6, 6.07) is 14.0. The summed E-state index contributed by atoms with van der Waals surface area (Å²) in [6.45, 7) is 7.33. The summed E-state index contributed by atoms with van der Waals surface area (Å²) in [5.74, 6) is -1.96. The van der Waals surface area contributed by atoms with Crippen molar-refractivity contribution in [3.05, 3.63) is 64.7 Å². The third-order valence-corrected chi connectivity index (χ3v) is 8.42. The molecule has 1 N–H and O–H groups in total. The second kappa shape index (κ2) is 11.8. The molecule has 2 aromatic rings. The number of rotatable bonds is 6. The molecule has 2 fully saturated rings. The van der Waals surface area contributed by atoms with E-state index in [0.717, 1.165) is 53.9 Å². The molecule has 0 atom stereocenters. The largest absolute Gasteiger partial charge is 0.354 e. The Labute approximate surface area is 235 Å². The lowest BCUT2D eigenvalue weighted by Crippen LogP contribution is -2.44. The van der Waals surface area contributed by atoms with Crippen molar-refractivity contribution in [1.29, 1.82) is 0 Å². The number of aliphatic imine (C=N–C) groups is 1. The van der Waals surface area contributed by atoms with Gasteiger partial charge in [0.25, 0.3) is 11.8 Å². The van der Waals surface area contributed by atoms with E-state index in [9.17, 15) is 18.4 Å². The van der Waals surface area contributed by atoms with Crippen molar-refractivity contribution in [2.75, 3.05) is 18.0 Å². The van der Waals surface area contributed by atoms with E-state index in [4.69, 9.17) is 0 Å². The number of nitrogens with zero attached hydrogens (tertiary/aromatic N) is 3. The molecule has 2 amide bonds. The number of likely N-dealkylation sites (tertiary alicyclic amines) is 1. The monoisotopic (exact) mass is 550 g/mol. The van der Waals surface area contributed by atoms with Crippen LogP contribution in [0.1, 0.15) is 79.4 Å². The topological polar surface area (TPSA) is 65.0 Å². The third-order valence-electron chi connectivity index (χ3n) is 8.42. The lowest BCUT2D eigenvalue weighted by molar-refractivity contribution is -0.126. The average molecular weight is 551 g/mol. The van der Waals surface area contributed by atoms with E-state index in [0.29, 0.717) is 31.6 Å². The number of fused-ring (bicyclic) bond motifs is 1. The summed E-state index contributed by atoms with van der Waals surface area (Å²) in [5, 5.41) is 3.05. The number of aryl methyl sites for hydroxylation is 1. The number of hydrogen-bond donors (Lipinski definition) is 1. The lowest BCUT2D eigenvalue weighted by atomic mass is 9.84. The molecule has 40 heavy (non-hydrogen) atoms. The molecule has 1 aliphatic carbocycles. The van der Waals surface area contributed by atoms with Crippen LogP contribution in [0.2, 0.25) is 0 Å². The Morgan fingerprint density at radius 1 is 1.02 bits per heavy atom. The number of amidine groups is 1. The van der Waals surface area contributed by atoms with Crippen LogP contribution in [-0.4, -0.2) is 53.6 Å². The minimum Gasteiger partial charge on any atom is -0.354 e. The van der Waals surface area contributed by atoms with E-state index in [1.807, 2.05) is 45.0 Å². The van der Waals surface area contributed by atoms with Gasteiger partial charge in [-0.2, -0.15) is 4.99 Å². The quantitative estimate of drug-likeness (QED) is 0.486. The molecule has 214 valence electrons. The van der Waals surface area contributed by atoms with Crippen molar-refractivity contribution in [2.24, 2.45) is 10.9 Å². The van der Waals surface area contributed by atoms with Gasteiger partial charge in [0, 0.05) is 68.1 Å². The van der Waals surface area contributed by atoms with Crippen LogP contribution in [0.25, 0.3) is 0 Å². The second-order valence-corrected chi connectivity index (χ2v) is 12.0. The molecule has 3 aliphatic rings. The van der Waals surface area contributed by atoms with Gasteiger partial charge in [0.15, 0.2) is 0 Å². The minimum absolute atomic E-state index is 0.00105. The maximum Gasteiger partial charge on any atom is 0.278 e. The van der Waals surface area contributed by atoms with E-state index >= 15 is 0 Å². The second-order valence-electron chi connectivity index (χ2n) is 12.0. The van der Waals surface area contributed by atoms with Gasteiger partial charge in [0.2, 0.25) is 5.91 Å². The number of halogens is 2. The van der Waals surface area contributed by atoms with E-state index < -0.39 is 5.92 Å². The Morgan fingerprint density at radius 3 is 2.35 bits per heavy atom. The van der Waals surface area contributed by atoms with Crippen LogP contribution >= 0.6 is 0 Å². The van der Waals surface area contributed by atoms with Gasteiger partial charge < -0.3 is 10.2 Å². The molecule has 5 rings (SSSR count). The summed E-state index contributed by atoms with van der Waals surface area (Å²) >= 11 is 0. The maximum absolute atomic E-state index is 13.7. The smallest absolute Gasteiger partial charge is 0.278 e. The Kier molecular flexibility index (Phi) is 8.36. The van der Waals surface area contributed by atoms with Crippen LogP contribution in [0.3, 0.4) is 0 Å². The van der Waals surface area contributed by atoms with Gasteiger partial charge >= 0.3 is 0 Å². The number of carbonyl (C=O) groups excluding carboxylic acids is 2. The van der Waals surface area contributed by atoms with Crippen molar-refractivity contribution in [2.45, 2.75) is 90.3 Å². The molecule has 1 saturated heterocycles. The van der Waals surface area contributed by atoms with Crippen molar-refractivity contribution in [3.8, 4) is 0 Å². The van der Waals surface area contributed by atoms with Crippen LogP contribution in [-0.2, 0) is 17.8 Å². The molecular weight excluding hydrogens is 510 g/mol. The lowest BCUT2D eigenvalue weighted by Gasteiger charge is -2.36. The fraction of sp³-hybridized carbons (Fsp3) is 0.531. The molecule has 0 aromatic heterocycles. The van der Waals surface area contributed by atoms with Crippen molar-refractivity contribution < 1.29 is 18.4 Å². The molecule has 0 radical (unpaired) electrons. The van der Waals surface area contributed by atoms with Crippen LogP contribution < -0.4 is 10.2 Å². The summed E-state index contributed by atoms with van der Waals surface area (Å²) < 4.78 is 27.4. The Morgan fingerprint density at radius 2 is 1.70 bits per heavy atom. The number of piperidine rings is 1. The van der Waals surface area contributed by atoms with Gasteiger partial charge in [0.1, 0.15) is 5.84 Å². The first-order valence-corrected chi connectivity index (χ1v) is 14.6. The summed E-state index contributed by atoms with van der Waals surface area (Å²) in [4.78, 5) is 34.8. The van der Waals surface area contributed by atoms with E-state index in [1.165, 1.54) is 0 Å². The first kappa shape index (κ1) is 28.4. The predicted molar refractivity (Wildman–Crippen MR) is 154 cm³/mol. The summed E-state index contributed by atoms with van der Waals surface area (Å²) in [7, 11) is 0. The number of alkyl halides is 2. The molecule has 2 aliphatic heterocycles. The average Bonchev–Trinajstić information content (AvgIpc) is 3.27. The molecule has 0 bridgehead atoms. The van der Waals surface area contributed by atoms with Crippen LogP contribution in [0.5, 0.6) is 0 Å². The normalized spacial score (nSPS) is 23.9. The SMILES string of the molecule is Cc1ccc(C(=O)N=C2Cc3ccc(CN4CCC(F)(F)CC4)cc3N2C2CCC(C(=O)NC(C)C)CC2)cc1. The van der Waals surface area contributed by atoms with Crippen molar-refractivity contribution >= 4 is 23.3 Å². The van der Waals surface area contributed by atoms with Gasteiger partial charge in [0.05, 0.1) is 0 Å². The number of carbonyl (C=O) groups is 2. The first-order valence-electron chi connectivity index (χ1n) is 14.6. The van der Waals surface area contributed by atoms with Crippen LogP contribution in [0.15, 0.2) is 47.5 Å². The molecule has 1 saturated carbocycles. The van der Waals surface area contributed by atoms with Crippen molar-refractivity contribution in [3.63, 3.8) is 0 Å². The molecule has 8 heteroatoms. The van der Waals surface area contributed by atoms with Gasteiger partial charge in [-0.25, -0.2) is 8.78 Å². The van der Waals surface area contributed by atoms with E-state index in [2.05, 4.69) is 38.3 Å². The Balaban J connectivity index is 1.38. The maximum atomic E-state index is 13.7. The fourth-order valence-electron chi connectivity index (χ4n) is 6.15. The molecule has 2 heterocycles. The van der Waals surface area contributed by atoms with Gasteiger partial charge in [-0.15, -0.1) is 0 Å². The van der Waals surface area contributed by atoms with E-state index in [-0.39, 0.29) is 42.7 Å². The highest BCUT2D eigenvalue weighted by atomic mass is 19.3. The van der Waals surface area contributed by atoms with Gasteiger partial charge in [-0.05, 0) is 75.8 Å². The Bertz CT molecular complexity index is 1260. The molecular formula is C32H40F2N4O2. The van der Waals surface area contributed by atoms with Crippen LogP contribution in [0, 0.1) is 12.8 Å². The van der Waals surface area contributed by atoms with Crippen LogP contribution in [0.4, 0.5) is 14.5 Å². The highest BCUT2D eigenvalue weighted by Gasteiger charge is 2.37. The van der Waals surface area contributed by atoms with Gasteiger partial charge in [-0.1, -0.05) is 29.8 Å². The standard InChI is InChI=1S/C32H40F2N4O2/c1-21(2)35-30(39)25-10-12-27(13-11-25)38-28-18-23(20-37-16-14-32(33,34)15-17-37)6-9-26(28)19-29(38)36-31(40)24-7-4-22(3)5-8-24/h4-9,18,21,25,27H,10-17,19-20H2,1-3H3,(H,35,39). The summed E-state index contributed by atoms with van der Waals surface area (Å²) in [5.41, 5.74) is 4.88. The third kappa shape index (κ3) is 6.60. The van der Waals surface area contributed by atoms with Crippen molar-refractivity contribution in [1.82, 2.24) is 10.2 Å². The van der Waals surface area contributed by atoms with Gasteiger partial charge in [-0.3, -0.25) is 14.5 Å². The number of benzene rings is 2. The fourth-order valence-corrected chi connectivity index (χ4v) is 6.15. The highest BCUT2D eigenvalue weighted by Crippen LogP contribution is 2.38. The number of anilines is 1. The molecule has 6 nitrogen and oxygen atoms in total. The zero-order valence-electron chi connectivity index (χ0n) is 23.8. The number of hydrogen-bond acceptors (Lipinski definition) is 3. The summed E-state index contributed by atoms with van der Waals surface area (Å²) in [6.07, 6.45) is 3.60. The zero-order valence-corrected chi connectivity index (χ0v) is 23.8. The predicted octanol–water partition coefficient (Wildman–Crippen LogP) is 5.91. The first-order chi connectivity index (χ1) is 19.1. The zero-order chi connectivity index (χ0) is 28.4. The molecule has 0 spiro atoms. The highest BCUT2D eigenvalue weighted by molar-refractivity contribution is 6.12. The number of amides is 2. The molecule has 2 aromatic carbocycles. The minimum atomic E-state index is -2.56.